The third-order valence-corrected chi connectivity index (χ3v) is 5.00. The molecule has 2 aromatic rings. The average molecular weight is 400 g/mol. The number of imide groups is 1. The standard InChI is InChI=1S/C21H22ClN3O3/c1-14(16-7-3-2-4-8-16)25-20(27)18(24-21(25)28)10-11-19(26)23-13-15-6-5-9-17(22)12-15/h2-9,12,14,18H,10-11,13H2,1H3,(H,23,26)(H,24,28)/t14-,18+/m0/s1. The van der Waals surface area contributed by atoms with Crippen molar-refractivity contribution in [3.05, 3.63) is 70.7 Å². The summed E-state index contributed by atoms with van der Waals surface area (Å²) in [6.07, 6.45) is 0.398. The summed E-state index contributed by atoms with van der Waals surface area (Å²) in [6.45, 7) is 2.18. The van der Waals surface area contributed by atoms with Crippen LogP contribution in [0.25, 0.3) is 0 Å². The molecule has 1 heterocycles. The van der Waals surface area contributed by atoms with Crippen LogP contribution in [-0.4, -0.2) is 28.8 Å². The number of halogens is 1. The highest BCUT2D eigenvalue weighted by molar-refractivity contribution is 6.30. The molecule has 4 amide bonds. The number of carbonyl (C=O) groups excluding carboxylic acids is 3. The molecular formula is C21H22ClN3O3. The van der Waals surface area contributed by atoms with E-state index in [1.165, 1.54) is 4.90 Å². The van der Waals surface area contributed by atoms with Crippen molar-refractivity contribution >= 4 is 29.4 Å². The molecule has 2 N–H and O–H groups in total. The normalized spacial score (nSPS) is 17.4. The molecule has 2 aromatic carbocycles. The van der Waals surface area contributed by atoms with E-state index in [4.69, 9.17) is 11.6 Å². The number of benzene rings is 2. The molecule has 146 valence electrons. The van der Waals surface area contributed by atoms with Gasteiger partial charge in [-0.3, -0.25) is 14.5 Å². The van der Waals surface area contributed by atoms with Crippen molar-refractivity contribution in [2.24, 2.45) is 0 Å². The molecule has 0 bridgehead atoms. The lowest BCUT2D eigenvalue weighted by atomic mass is 10.1. The molecule has 1 fully saturated rings. The summed E-state index contributed by atoms with van der Waals surface area (Å²) in [7, 11) is 0. The molecule has 0 saturated carbocycles. The minimum absolute atomic E-state index is 0.144. The Bertz CT molecular complexity index is 872. The van der Waals surface area contributed by atoms with Crippen molar-refractivity contribution in [1.29, 1.82) is 0 Å². The SMILES string of the molecule is C[C@@H](c1ccccc1)N1C(=O)N[C@H](CCC(=O)NCc2cccc(Cl)c2)C1=O. The molecule has 3 rings (SSSR count). The Morgan fingerprint density at radius 1 is 1.18 bits per heavy atom. The number of rotatable bonds is 7. The lowest BCUT2D eigenvalue weighted by Gasteiger charge is -2.21. The maximum Gasteiger partial charge on any atom is 0.325 e. The monoisotopic (exact) mass is 399 g/mol. The Labute approximate surface area is 168 Å². The van der Waals surface area contributed by atoms with Crippen LogP contribution >= 0.6 is 11.6 Å². The number of hydrogen-bond donors (Lipinski definition) is 2. The van der Waals surface area contributed by atoms with E-state index in [0.717, 1.165) is 11.1 Å². The summed E-state index contributed by atoms with van der Waals surface area (Å²) in [6, 6.07) is 15.1. The lowest BCUT2D eigenvalue weighted by Crippen LogP contribution is -2.34. The molecule has 0 radical (unpaired) electrons. The molecule has 1 aliphatic heterocycles. The molecule has 0 unspecified atom stereocenters. The highest BCUT2D eigenvalue weighted by Gasteiger charge is 2.40. The first-order valence-corrected chi connectivity index (χ1v) is 9.53. The van der Waals surface area contributed by atoms with E-state index >= 15 is 0 Å². The third-order valence-electron chi connectivity index (χ3n) is 4.76. The van der Waals surface area contributed by atoms with E-state index in [-0.39, 0.29) is 30.7 Å². The molecule has 1 saturated heterocycles. The molecule has 7 heteroatoms. The number of hydrogen-bond acceptors (Lipinski definition) is 3. The highest BCUT2D eigenvalue weighted by Crippen LogP contribution is 2.25. The summed E-state index contributed by atoms with van der Waals surface area (Å²) in [5.41, 5.74) is 1.78. The zero-order valence-corrected chi connectivity index (χ0v) is 16.3. The third kappa shape index (κ3) is 4.70. The fraction of sp³-hybridized carbons (Fsp3) is 0.286. The van der Waals surface area contributed by atoms with E-state index < -0.39 is 12.1 Å². The van der Waals surface area contributed by atoms with Crippen molar-refractivity contribution < 1.29 is 14.4 Å². The number of nitrogens with zero attached hydrogens (tertiary/aromatic N) is 1. The van der Waals surface area contributed by atoms with Crippen molar-refractivity contribution in [1.82, 2.24) is 15.5 Å². The molecule has 0 aromatic heterocycles. The van der Waals surface area contributed by atoms with Crippen LogP contribution in [-0.2, 0) is 16.1 Å². The van der Waals surface area contributed by atoms with Crippen LogP contribution in [0.3, 0.4) is 0 Å². The van der Waals surface area contributed by atoms with Gasteiger partial charge in [0.2, 0.25) is 5.91 Å². The average Bonchev–Trinajstić information content (AvgIpc) is 2.98. The van der Waals surface area contributed by atoms with Crippen LogP contribution in [0, 0.1) is 0 Å². The Kier molecular flexibility index (Phi) is 6.31. The largest absolute Gasteiger partial charge is 0.352 e. The van der Waals surface area contributed by atoms with Gasteiger partial charge in [0.25, 0.3) is 5.91 Å². The maximum absolute atomic E-state index is 12.7. The van der Waals surface area contributed by atoms with Crippen molar-refractivity contribution in [2.45, 2.75) is 38.4 Å². The fourth-order valence-corrected chi connectivity index (χ4v) is 3.42. The van der Waals surface area contributed by atoms with Gasteiger partial charge in [0.05, 0.1) is 6.04 Å². The van der Waals surface area contributed by atoms with E-state index in [1.54, 1.807) is 12.1 Å². The van der Waals surface area contributed by atoms with Crippen LogP contribution in [0.1, 0.15) is 36.9 Å². The van der Waals surface area contributed by atoms with Gasteiger partial charge in [0.15, 0.2) is 0 Å². The molecule has 1 aliphatic rings. The summed E-state index contributed by atoms with van der Waals surface area (Å²) in [5, 5.41) is 6.09. The Balaban J connectivity index is 1.51. The van der Waals surface area contributed by atoms with Gasteiger partial charge in [0, 0.05) is 18.0 Å². The molecule has 0 spiro atoms. The predicted octanol–water partition coefficient (Wildman–Crippen LogP) is 3.42. The quantitative estimate of drug-likeness (QED) is 0.700. The number of urea groups is 1. The minimum Gasteiger partial charge on any atom is -0.352 e. The van der Waals surface area contributed by atoms with Gasteiger partial charge < -0.3 is 10.6 Å². The van der Waals surface area contributed by atoms with E-state index in [9.17, 15) is 14.4 Å². The van der Waals surface area contributed by atoms with Crippen LogP contribution in [0.5, 0.6) is 0 Å². The number of carbonyl (C=O) groups is 3. The lowest BCUT2D eigenvalue weighted by molar-refractivity contribution is -0.129. The number of nitrogens with one attached hydrogen (secondary N) is 2. The second kappa shape index (κ2) is 8.89. The first-order valence-electron chi connectivity index (χ1n) is 9.15. The van der Waals surface area contributed by atoms with Crippen LogP contribution in [0.15, 0.2) is 54.6 Å². The van der Waals surface area contributed by atoms with Gasteiger partial charge in [-0.15, -0.1) is 0 Å². The Hall–Kier alpha value is -2.86. The Morgan fingerprint density at radius 2 is 1.93 bits per heavy atom. The smallest absolute Gasteiger partial charge is 0.325 e. The van der Waals surface area contributed by atoms with Crippen LogP contribution < -0.4 is 10.6 Å². The van der Waals surface area contributed by atoms with E-state index in [2.05, 4.69) is 10.6 Å². The van der Waals surface area contributed by atoms with Crippen molar-refractivity contribution in [2.75, 3.05) is 0 Å². The summed E-state index contributed by atoms with van der Waals surface area (Å²) >= 11 is 5.93. The van der Waals surface area contributed by atoms with Crippen molar-refractivity contribution in [3.8, 4) is 0 Å². The van der Waals surface area contributed by atoms with Gasteiger partial charge in [-0.1, -0.05) is 54.1 Å². The van der Waals surface area contributed by atoms with Crippen LogP contribution in [0.4, 0.5) is 4.79 Å². The fourth-order valence-electron chi connectivity index (χ4n) is 3.20. The van der Waals surface area contributed by atoms with Gasteiger partial charge in [-0.05, 0) is 36.6 Å². The maximum atomic E-state index is 12.7. The molecular weight excluding hydrogens is 378 g/mol. The molecule has 28 heavy (non-hydrogen) atoms. The predicted molar refractivity (Wildman–Crippen MR) is 107 cm³/mol. The zero-order valence-electron chi connectivity index (χ0n) is 15.5. The Morgan fingerprint density at radius 3 is 2.64 bits per heavy atom. The van der Waals surface area contributed by atoms with Crippen LogP contribution in [0.2, 0.25) is 5.02 Å². The van der Waals surface area contributed by atoms with Gasteiger partial charge >= 0.3 is 6.03 Å². The molecule has 0 aliphatic carbocycles. The highest BCUT2D eigenvalue weighted by atomic mass is 35.5. The first-order chi connectivity index (χ1) is 13.5. The topological polar surface area (TPSA) is 78.5 Å². The second-order valence-corrected chi connectivity index (χ2v) is 7.18. The minimum atomic E-state index is -0.685. The zero-order chi connectivity index (χ0) is 20.1. The summed E-state index contributed by atoms with van der Waals surface area (Å²) in [5.74, 6) is -0.486. The molecule has 6 nitrogen and oxygen atoms in total. The van der Waals surface area contributed by atoms with Crippen molar-refractivity contribution in [3.63, 3.8) is 0 Å². The second-order valence-electron chi connectivity index (χ2n) is 6.74. The van der Waals surface area contributed by atoms with E-state index in [1.807, 2.05) is 49.4 Å². The number of amides is 4. The summed E-state index contributed by atoms with van der Waals surface area (Å²) in [4.78, 5) is 38.3. The summed E-state index contributed by atoms with van der Waals surface area (Å²) < 4.78 is 0. The first kappa shape index (κ1) is 19.9. The molecule has 2 atom stereocenters. The van der Waals surface area contributed by atoms with Gasteiger partial charge in [-0.25, -0.2) is 4.79 Å². The van der Waals surface area contributed by atoms with Gasteiger partial charge in [0.1, 0.15) is 6.04 Å². The van der Waals surface area contributed by atoms with E-state index in [0.29, 0.717) is 11.6 Å². The van der Waals surface area contributed by atoms with Gasteiger partial charge in [-0.2, -0.15) is 0 Å².